The average Bonchev–Trinajstić information content (AvgIpc) is 2.49. The smallest absolute Gasteiger partial charge is 0.315 e. The molecule has 0 aliphatic carbocycles. The number of hydrogen-bond acceptors (Lipinski definition) is 4. The van der Waals surface area contributed by atoms with Crippen molar-refractivity contribution >= 4 is 21.8 Å². The summed E-state index contributed by atoms with van der Waals surface area (Å²) >= 11 is 0. The maximum absolute atomic E-state index is 11.9. The van der Waals surface area contributed by atoms with E-state index in [0.29, 0.717) is 18.5 Å². The number of nitrogens with zero attached hydrogens (tertiary/aromatic N) is 1. The van der Waals surface area contributed by atoms with Crippen LogP contribution < -0.4 is 10.6 Å². The second-order valence-corrected chi connectivity index (χ2v) is 7.72. The minimum atomic E-state index is -3.28. The molecule has 8 heteroatoms. The van der Waals surface area contributed by atoms with Crippen LogP contribution in [0.2, 0.25) is 0 Å². The van der Waals surface area contributed by atoms with E-state index in [1.807, 2.05) is 0 Å². The number of likely N-dealkylation sites (N-methyl/N-ethyl adjacent to an activating group) is 1. The molecule has 1 aromatic carbocycles. The van der Waals surface area contributed by atoms with Gasteiger partial charge in [0.05, 0.1) is 4.90 Å². The van der Waals surface area contributed by atoms with Crippen LogP contribution in [0.5, 0.6) is 0 Å². The number of carbonyl (C=O) groups excluding carboxylic acids is 2. The van der Waals surface area contributed by atoms with Gasteiger partial charge in [0.1, 0.15) is 6.04 Å². The lowest BCUT2D eigenvalue weighted by molar-refractivity contribution is -0.134. The molecule has 0 aromatic heterocycles. The van der Waals surface area contributed by atoms with E-state index in [0.717, 1.165) is 12.7 Å². The van der Waals surface area contributed by atoms with Crippen molar-refractivity contribution in [3.05, 3.63) is 29.8 Å². The topological polar surface area (TPSA) is 95.6 Å². The summed E-state index contributed by atoms with van der Waals surface area (Å²) in [6.45, 7) is 0.892. The van der Waals surface area contributed by atoms with E-state index in [1.54, 1.807) is 24.1 Å². The molecule has 0 bridgehead atoms. The van der Waals surface area contributed by atoms with Gasteiger partial charge in [0.25, 0.3) is 0 Å². The Labute approximate surface area is 136 Å². The molecule has 23 heavy (non-hydrogen) atoms. The van der Waals surface area contributed by atoms with Crippen molar-refractivity contribution in [2.24, 2.45) is 0 Å². The van der Waals surface area contributed by atoms with Gasteiger partial charge in [0.2, 0.25) is 5.91 Å². The van der Waals surface area contributed by atoms with Crippen molar-refractivity contribution in [1.82, 2.24) is 15.5 Å². The zero-order valence-electron chi connectivity index (χ0n) is 13.2. The first-order valence-corrected chi connectivity index (χ1v) is 9.25. The van der Waals surface area contributed by atoms with Gasteiger partial charge in [-0.05, 0) is 30.5 Å². The summed E-state index contributed by atoms with van der Waals surface area (Å²) in [5, 5.41) is 5.30. The quantitative estimate of drug-likeness (QED) is 0.835. The summed E-state index contributed by atoms with van der Waals surface area (Å²) in [6, 6.07) is 5.45. The summed E-state index contributed by atoms with van der Waals surface area (Å²) in [6.07, 6.45) is 2.61. The summed E-state index contributed by atoms with van der Waals surface area (Å²) in [5.74, 6) is -0.0922. The molecule has 1 atom stereocenters. The number of likely N-dealkylation sites (tertiary alicyclic amines) is 1. The molecular weight excluding hydrogens is 318 g/mol. The van der Waals surface area contributed by atoms with Crippen LogP contribution in [0.3, 0.4) is 0 Å². The summed E-state index contributed by atoms with van der Waals surface area (Å²) in [5.41, 5.74) is 0.676. The number of urea groups is 1. The highest BCUT2D eigenvalue weighted by Crippen LogP contribution is 2.12. The maximum atomic E-state index is 11.9. The Balaban J connectivity index is 1.91. The summed E-state index contributed by atoms with van der Waals surface area (Å²) in [7, 11) is -1.57. The number of piperidine rings is 1. The Kier molecular flexibility index (Phi) is 5.25. The van der Waals surface area contributed by atoms with Gasteiger partial charge in [-0.2, -0.15) is 0 Å². The predicted molar refractivity (Wildman–Crippen MR) is 85.6 cm³/mol. The van der Waals surface area contributed by atoms with Gasteiger partial charge < -0.3 is 15.5 Å². The summed E-state index contributed by atoms with van der Waals surface area (Å²) < 4.78 is 23.0. The number of rotatable bonds is 4. The Morgan fingerprint density at radius 2 is 2.13 bits per heavy atom. The number of benzene rings is 1. The van der Waals surface area contributed by atoms with Gasteiger partial charge in [-0.25, -0.2) is 13.2 Å². The third kappa shape index (κ3) is 4.69. The van der Waals surface area contributed by atoms with Gasteiger partial charge in [0, 0.05) is 26.4 Å². The van der Waals surface area contributed by atoms with E-state index in [4.69, 9.17) is 0 Å². The van der Waals surface area contributed by atoms with Crippen LogP contribution in [-0.2, 0) is 21.2 Å². The molecule has 7 nitrogen and oxygen atoms in total. The first-order valence-electron chi connectivity index (χ1n) is 7.36. The first kappa shape index (κ1) is 17.3. The van der Waals surface area contributed by atoms with Crippen LogP contribution in [0.15, 0.2) is 29.2 Å². The van der Waals surface area contributed by atoms with Gasteiger partial charge in [-0.3, -0.25) is 4.79 Å². The molecule has 0 spiro atoms. The number of amides is 3. The second kappa shape index (κ2) is 6.99. The molecule has 1 unspecified atom stereocenters. The third-order valence-electron chi connectivity index (χ3n) is 3.75. The van der Waals surface area contributed by atoms with E-state index < -0.39 is 21.9 Å². The molecular formula is C15H21N3O4S. The lowest BCUT2D eigenvalue weighted by Crippen LogP contribution is -2.53. The van der Waals surface area contributed by atoms with Crippen LogP contribution in [0.1, 0.15) is 18.4 Å². The summed E-state index contributed by atoms with van der Waals surface area (Å²) in [4.78, 5) is 25.6. The Bertz CT molecular complexity index is 702. The van der Waals surface area contributed by atoms with Crippen LogP contribution in [0, 0.1) is 0 Å². The molecule has 0 saturated carbocycles. The fourth-order valence-corrected chi connectivity index (χ4v) is 3.14. The molecule has 1 fully saturated rings. The second-order valence-electron chi connectivity index (χ2n) is 5.70. The lowest BCUT2D eigenvalue weighted by Gasteiger charge is -2.29. The van der Waals surface area contributed by atoms with E-state index in [1.165, 1.54) is 12.1 Å². The van der Waals surface area contributed by atoms with Crippen molar-refractivity contribution in [2.45, 2.75) is 30.3 Å². The maximum Gasteiger partial charge on any atom is 0.315 e. The predicted octanol–water partition coefficient (Wildman–Crippen LogP) is 0.510. The number of carbonyl (C=O) groups is 2. The van der Waals surface area contributed by atoms with E-state index >= 15 is 0 Å². The van der Waals surface area contributed by atoms with Crippen LogP contribution in [-0.4, -0.2) is 51.1 Å². The highest BCUT2D eigenvalue weighted by atomic mass is 32.2. The normalized spacial score (nSPS) is 18.6. The first-order chi connectivity index (χ1) is 10.8. The molecule has 0 radical (unpaired) electrons. The minimum absolute atomic E-state index is 0.0922. The highest BCUT2D eigenvalue weighted by molar-refractivity contribution is 7.90. The van der Waals surface area contributed by atoms with Crippen molar-refractivity contribution in [3.8, 4) is 0 Å². The molecule has 1 heterocycles. The van der Waals surface area contributed by atoms with Crippen LogP contribution in [0.4, 0.5) is 4.79 Å². The van der Waals surface area contributed by atoms with Gasteiger partial charge in [-0.15, -0.1) is 0 Å². The molecule has 1 aliphatic heterocycles. The van der Waals surface area contributed by atoms with Gasteiger partial charge in [-0.1, -0.05) is 12.1 Å². The third-order valence-corrected chi connectivity index (χ3v) is 4.86. The van der Waals surface area contributed by atoms with E-state index in [9.17, 15) is 18.0 Å². The Morgan fingerprint density at radius 1 is 1.39 bits per heavy atom. The SMILES string of the molecule is CN1CCCC(NC(=O)NCc2cccc(S(C)(=O)=O)c2)C1=O. The van der Waals surface area contributed by atoms with Crippen molar-refractivity contribution in [3.63, 3.8) is 0 Å². The minimum Gasteiger partial charge on any atom is -0.344 e. The fourth-order valence-electron chi connectivity index (χ4n) is 2.44. The zero-order valence-corrected chi connectivity index (χ0v) is 14.0. The number of hydrogen-bond donors (Lipinski definition) is 2. The molecule has 2 rings (SSSR count). The van der Waals surface area contributed by atoms with Crippen molar-refractivity contribution < 1.29 is 18.0 Å². The van der Waals surface area contributed by atoms with Crippen LogP contribution in [0.25, 0.3) is 0 Å². The zero-order chi connectivity index (χ0) is 17.0. The van der Waals surface area contributed by atoms with Crippen molar-refractivity contribution in [2.75, 3.05) is 19.8 Å². The Morgan fingerprint density at radius 3 is 2.83 bits per heavy atom. The molecule has 1 saturated heterocycles. The van der Waals surface area contributed by atoms with Crippen molar-refractivity contribution in [1.29, 1.82) is 0 Å². The molecule has 126 valence electrons. The molecule has 1 aromatic rings. The standard InChI is InChI=1S/C15H21N3O4S/c1-18-8-4-7-13(14(18)19)17-15(20)16-10-11-5-3-6-12(9-11)23(2,21)22/h3,5-6,9,13H,4,7-8,10H2,1-2H3,(H2,16,17,20). The number of nitrogens with one attached hydrogen (secondary N) is 2. The van der Waals surface area contributed by atoms with Gasteiger partial charge >= 0.3 is 6.03 Å². The van der Waals surface area contributed by atoms with Crippen LogP contribution >= 0.6 is 0 Å². The largest absolute Gasteiger partial charge is 0.344 e. The lowest BCUT2D eigenvalue weighted by atomic mass is 10.1. The average molecular weight is 339 g/mol. The monoisotopic (exact) mass is 339 g/mol. The van der Waals surface area contributed by atoms with E-state index in [-0.39, 0.29) is 17.3 Å². The Hall–Kier alpha value is -2.09. The molecule has 1 aliphatic rings. The van der Waals surface area contributed by atoms with E-state index in [2.05, 4.69) is 10.6 Å². The van der Waals surface area contributed by atoms with Gasteiger partial charge in [0.15, 0.2) is 9.84 Å². The number of sulfone groups is 1. The molecule has 2 N–H and O–H groups in total. The molecule has 3 amide bonds. The fraction of sp³-hybridized carbons (Fsp3) is 0.467. The highest BCUT2D eigenvalue weighted by Gasteiger charge is 2.27.